The standard InChI is InChI=1S/C23H29ClFN3O3S2/c1-14-4-6-18(7-5-14)28(9-8-15-10-16(24)12-17(25)11-15)22(31)27-21-26-13-19(32-21)33-23(2,3)20(29)30/h10-14,18H,4-9H2,1-3H3,(H,29,30)(H,26,27,31). The number of urea groups is 1. The molecule has 1 heterocycles. The van der Waals surface area contributed by atoms with E-state index in [1.807, 2.05) is 4.90 Å². The van der Waals surface area contributed by atoms with Gasteiger partial charge in [0.2, 0.25) is 0 Å². The third-order valence-corrected chi connectivity index (χ3v) is 8.24. The summed E-state index contributed by atoms with van der Waals surface area (Å²) >= 11 is 8.43. The van der Waals surface area contributed by atoms with E-state index in [0.717, 1.165) is 31.2 Å². The molecule has 1 aliphatic rings. The highest BCUT2D eigenvalue weighted by Crippen LogP contribution is 2.37. The van der Waals surface area contributed by atoms with Crippen molar-refractivity contribution in [2.24, 2.45) is 5.92 Å². The Hall–Kier alpha value is -1.84. The van der Waals surface area contributed by atoms with Crippen molar-refractivity contribution in [2.75, 3.05) is 11.9 Å². The van der Waals surface area contributed by atoms with Crippen LogP contribution in [-0.2, 0) is 11.2 Å². The Labute approximate surface area is 206 Å². The molecule has 2 aromatic rings. The van der Waals surface area contributed by atoms with Gasteiger partial charge in [-0.15, -0.1) is 0 Å². The number of carbonyl (C=O) groups is 2. The van der Waals surface area contributed by atoms with Gasteiger partial charge in [0.15, 0.2) is 5.13 Å². The molecule has 1 aromatic heterocycles. The predicted molar refractivity (Wildman–Crippen MR) is 132 cm³/mol. The molecule has 3 rings (SSSR count). The van der Waals surface area contributed by atoms with Crippen LogP contribution in [0.25, 0.3) is 0 Å². The lowest BCUT2D eigenvalue weighted by molar-refractivity contribution is -0.138. The van der Waals surface area contributed by atoms with E-state index in [0.29, 0.717) is 33.2 Å². The van der Waals surface area contributed by atoms with Gasteiger partial charge in [0.05, 0.1) is 10.4 Å². The first kappa shape index (κ1) is 25.8. The number of thioether (sulfide) groups is 1. The van der Waals surface area contributed by atoms with Crippen molar-refractivity contribution in [2.45, 2.75) is 67.9 Å². The van der Waals surface area contributed by atoms with E-state index in [4.69, 9.17) is 11.6 Å². The Balaban J connectivity index is 1.70. The van der Waals surface area contributed by atoms with Crippen LogP contribution in [0, 0.1) is 11.7 Å². The topological polar surface area (TPSA) is 82.5 Å². The number of benzene rings is 1. The summed E-state index contributed by atoms with van der Waals surface area (Å²) in [5, 5.41) is 13.0. The van der Waals surface area contributed by atoms with Crippen LogP contribution in [0.15, 0.2) is 28.6 Å². The first-order valence-corrected chi connectivity index (χ1v) is 13.0. The minimum atomic E-state index is -0.995. The number of nitrogens with zero attached hydrogens (tertiary/aromatic N) is 2. The number of hydrogen-bond acceptors (Lipinski definition) is 5. The maximum atomic E-state index is 13.7. The van der Waals surface area contributed by atoms with Crippen LogP contribution in [-0.4, -0.2) is 44.3 Å². The van der Waals surface area contributed by atoms with Gasteiger partial charge in [-0.2, -0.15) is 0 Å². The summed E-state index contributed by atoms with van der Waals surface area (Å²) in [6.07, 6.45) is 6.03. The van der Waals surface area contributed by atoms with Crippen molar-refractivity contribution in [1.29, 1.82) is 0 Å². The minimum Gasteiger partial charge on any atom is -0.480 e. The number of hydrogen-bond donors (Lipinski definition) is 2. The first-order valence-electron chi connectivity index (χ1n) is 10.9. The van der Waals surface area contributed by atoms with E-state index >= 15 is 0 Å². The van der Waals surface area contributed by atoms with Crippen molar-refractivity contribution < 1.29 is 19.1 Å². The molecule has 33 heavy (non-hydrogen) atoms. The Kier molecular flexibility index (Phi) is 8.64. The maximum absolute atomic E-state index is 13.7. The Morgan fingerprint density at radius 2 is 2.00 bits per heavy atom. The van der Waals surface area contributed by atoms with E-state index in [1.165, 1.54) is 35.2 Å². The average molecular weight is 514 g/mol. The number of thiazole rings is 1. The highest BCUT2D eigenvalue weighted by atomic mass is 35.5. The predicted octanol–water partition coefficient (Wildman–Crippen LogP) is 6.55. The molecule has 1 aromatic carbocycles. The number of aliphatic carboxylic acids is 1. The van der Waals surface area contributed by atoms with Gasteiger partial charge in [-0.05, 0) is 75.6 Å². The van der Waals surface area contributed by atoms with Gasteiger partial charge in [0, 0.05) is 17.6 Å². The van der Waals surface area contributed by atoms with Gasteiger partial charge in [-0.1, -0.05) is 41.6 Å². The van der Waals surface area contributed by atoms with Crippen LogP contribution in [0.3, 0.4) is 0 Å². The SMILES string of the molecule is CC1CCC(N(CCc2cc(F)cc(Cl)c2)C(=O)Nc2ncc(SC(C)(C)C(=O)O)s2)CC1. The number of carboxylic acid groups (broad SMARTS) is 1. The molecule has 1 saturated carbocycles. The lowest BCUT2D eigenvalue weighted by Gasteiger charge is -2.36. The highest BCUT2D eigenvalue weighted by Gasteiger charge is 2.30. The van der Waals surface area contributed by atoms with Gasteiger partial charge < -0.3 is 10.0 Å². The molecule has 2 N–H and O–H groups in total. The number of anilines is 1. The summed E-state index contributed by atoms with van der Waals surface area (Å²) in [6.45, 7) is 5.91. The van der Waals surface area contributed by atoms with Crippen LogP contribution in [0.2, 0.25) is 5.02 Å². The average Bonchev–Trinajstić information content (AvgIpc) is 3.14. The van der Waals surface area contributed by atoms with Crippen LogP contribution in [0.4, 0.5) is 14.3 Å². The second-order valence-electron chi connectivity index (χ2n) is 8.97. The lowest BCUT2D eigenvalue weighted by Crippen LogP contribution is -2.45. The Morgan fingerprint density at radius 1 is 1.30 bits per heavy atom. The zero-order valence-corrected chi connectivity index (χ0v) is 21.3. The van der Waals surface area contributed by atoms with Crippen molar-refractivity contribution in [3.05, 3.63) is 40.8 Å². The summed E-state index contributed by atoms with van der Waals surface area (Å²) < 4.78 is 13.5. The largest absolute Gasteiger partial charge is 0.480 e. The van der Waals surface area contributed by atoms with E-state index < -0.39 is 16.5 Å². The smallest absolute Gasteiger partial charge is 0.323 e. The molecule has 1 aliphatic carbocycles. The number of carbonyl (C=O) groups excluding carboxylic acids is 1. The molecule has 2 amide bonds. The van der Waals surface area contributed by atoms with Crippen molar-refractivity contribution in [1.82, 2.24) is 9.88 Å². The highest BCUT2D eigenvalue weighted by molar-refractivity contribution is 8.03. The van der Waals surface area contributed by atoms with E-state index in [-0.39, 0.29) is 12.1 Å². The third kappa shape index (κ3) is 7.32. The summed E-state index contributed by atoms with van der Waals surface area (Å²) in [7, 11) is 0. The summed E-state index contributed by atoms with van der Waals surface area (Å²) in [4.78, 5) is 30.7. The molecule has 180 valence electrons. The fourth-order valence-electron chi connectivity index (χ4n) is 3.83. The molecule has 6 nitrogen and oxygen atoms in total. The van der Waals surface area contributed by atoms with Crippen LogP contribution in [0.1, 0.15) is 52.0 Å². The molecule has 0 radical (unpaired) electrons. The molecule has 0 unspecified atom stereocenters. The number of halogens is 2. The normalized spacial score (nSPS) is 18.7. The quantitative estimate of drug-likeness (QED) is 0.391. The van der Waals surface area contributed by atoms with Crippen molar-refractivity contribution >= 4 is 51.8 Å². The van der Waals surface area contributed by atoms with Crippen LogP contribution >= 0.6 is 34.7 Å². The molecule has 1 fully saturated rings. The molecule has 0 spiro atoms. The summed E-state index contributed by atoms with van der Waals surface area (Å²) in [6, 6.07) is 4.28. The minimum absolute atomic E-state index is 0.102. The molecular weight excluding hydrogens is 485 g/mol. The zero-order chi connectivity index (χ0) is 24.2. The van der Waals surface area contributed by atoms with E-state index in [9.17, 15) is 19.1 Å². The van der Waals surface area contributed by atoms with Gasteiger partial charge in [0.25, 0.3) is 0 Å². The lowest BCUT2D eigenvalue weighted by atomic mass is 9.86. The van der Waals surface area contributed by atoms with Gasteiger partial charge in [-0.3, -0.25) is 10.1 Å². The van der Waals surface area contributed by atoms with Crippen molar-refractivity contribution in [3.8, 4) is 0 Å². The third-order valence-electron chi connectivity index (χ3n) is 5.82. The molecule has 10 heteroatoms. The van der Waals surface area contributed by atoms with Crippen molar-refractivity contribution in [3.63, 3.8) is 0 Å². The van der Waals surface area contributed by atoms with E-state index in [2.05, 4.69) is 17.2 Å². The zero-order valence-electron chi connectivity index (χ0n) is 18.9. The summed E-state index contributed by atoms with van der Waals surface area (Å²) in [5.41, 5.74) is 0.741. The number of amides is 2. The Morgan fingerprint density at radius 3 is 2.64 bits per heavy atom. The number of carboxylic acids is 1. The second kappa shape index (κ2) is 11.1. The Bertz CT molecular complexity index is 973. The molecular formula is C23H29ClFN3O3S2. The number of aromatic nitrogens is 1. The monoisotopic (exact) mass is 513 g/mol. The number of rotatable bonds is 8. The molecule has 0 saturated heterocycles. The van der Waals surface area contributed by atoms with E-state index in [1.54, 1.807) is 26.1 Å². The number of nitrogens with one attached hydrogen (secondary N) is 1. The fourth-order valence-corrected chi connectivity index (χ4v) is 6.34. The first-order chi connectivity index (χ1) is 15.5. The second-order valence-corrected chi connectivity index (χ2v) is 12.4. The van der Waals surface area contributed by atoms with Crippen LogP contribution < -0.4 is 5.32 Å². The molecule has 0 aliphatic heterocycles. The van der Waals surface area contributed by atoms with Crippen LogP contribution in [0.5, 0.6) is 0 Å². The van der Waals surface area contributed by atoms with Gasteiger partial charge in [0.1, 0.15) is 10.6 Å². The van der Waals surface area contributed by atoms with Gasteiger partial charge >= 0.3 is 12.0 Å². The van der Waals surface area contributed by atoms with Gasteiger partial charge in [-0.25, -0.2) is 14.2 Å². The molecule has 0 bridgehead atoms. The summed E-state index contributed by atoms with van der Waals surface area (Å²) in [5.74, 6) is -0.664. The fraction of sp³-hybridized carbons (Fsp3) is 0.522. The maximum Gasteiger partial charge on any atom is 0.323 e. The molecule has 0 atom stereocenters.